The number of carboxylic acid groups (broad SMARTS) is 1. The summed E-state index contributed by atoms with van der Waals surface area (Å²) in [4.78, 5) is 30.0. The van der Waals surface area contributed by atoms with Crippen molar-refractivity contribution in [1.29, 1.82) is 0 Å². The van der Waals surface area contributed by atoms with Crippen LogP contribution in [0.1, 0.15) is 41.9 Å². The van der Waals surface area contributed by atoms with Crippen LogP contribution in [0.2, 0.25) is 0 Å². The Kier molecular flexibility index (Phi) is 10.3. The molecule has 8 nitrogen and oxygen atoms in total. The molecule has 0 aliphatic rings. The number of nitrogens with zero attached hydrogens (tertiary/aromatic N) is 2. The summed E-state index contributed by atoms with van der Waals surface area (Å²) < 4.78 is 0. The minimum absolute atomic E-state index is 0. The van der Waals surface area contributed by atoms with Crippen LogP contribution in [0.15, 0.2) is 12.4 Å². The topological polar surface area (TPSA) is 130 Å². The zero-order valence-corrected chi connectivity index (χ0v) is 15.9. The summed E-state index contributed by atoms with van der Waals surface area (Å²) in [5.41, 5.74) is 6.08. The van der Waals surface area contributed by atoms with E-state index in [2.05, 4.69) is 33.4 Å². The van der Waals surface area contributed by atoms with Crippen molar-refractivity contribution < 1.29 is 47.4 Å². The maximum Gasteiger partial charge on any atom is 0.303 e. The van der Waals surface area contributed by atoms with Gasteiger partial charge >= 0.3 is 5.97 Å². The molecule has 23 heavy (non-hydrogen) atoms. The molecule has 1 radical (unpaired) electrons. The number of anilines is 1. The summed E-state index contributed by atoms with van der Waals surface area (Å²) >= 11 is 0. The quantitative estimate of drug-likeness (QED) is 0.356. The largest absolute Gasteiger partial charge is 0.481 e. The standard InChI is InChI=1S/C14H20N5O3.Y/c1-9-8-17-13(15)12(18-9)14(22)19-10(2)16-7-5-3-4-6-11(20)21;/h16H,2-7H2,1H3,(H2,15,17)(H,19,22)(H,20,21);/q-1;. The minimum Gasteiger partial charge on any atom is -0.481 e. The first-order valence-corrected chi connectivity index (χ1v) is 6.88. The molecule has 0 aliphatic heterocycles. The number of aromatic nitrogens is 2. The van der Waals surface area contributed by atoms with E-state index in [-0.39, 0.29) is 50.6 Å². The van der Waals surface area contributed by atoms with Gasteiger partial charge < -0.3 is 26.5 Å². The molecular weight excluding hydrogens is 375 g/mol. The molecule has 0 atom stereocenters. The SMILES string of the molecule is C=C(NCCCCCC(=O)O)NC(=O)c1nc(C)[c-]nc1N.[Y]. The zero-order chi connectivity index (χ0) is 16.5. The van der Waals surface area contributed by atoms with Gasteiger partial charge in [-0.25, -0.2) is 0 Å². The molecule has 1 amide bonds. The van der Waals surface area contributed by atoms with Crippen LogP contribution in [-0.2, 0) is 37.5 Å². The second-order valence-corrected chi connectivity index (χ2v) is 4.72. The summed E-state index contributed by atoms with van der Waals surface area (Å²) in [6.07, 6.45) is 4.92. The summed E-state index contributed by atoms with van der Waals surface area (Å²) in [7, 11) is 0. The Balaban J connectivity index is 0.00000484. The fraction of sp³-hybridized carbons (Fsp3) is 0.429. The Bertz CT molecular complexity index is 565. The molecule has 0 aliphatic carbocycles. The first kappa shape index (κ1) is 21.5. The Labute approximate surface area is 160 Å². The fourth-order valence-electron chi connectivity index (χ4n) is 1.67. The van der Waals surface area contributed by atoms with Crippen LogP contribution in [0, 0.1) is 13.1 Å². The third-order valence-electron chi connectivity index (χ3n) is 2.75. The van der Waals surface area contributed by atoms with E-state index in [0.29, 0.717) is 24.5 Å². The average Bonchev–Trinajstić information content (AvgIpc) is 2.44. The number of carboxylic acids is 1. The van der Waals surface area contributed by atoms with Gasteiger partial charge in [-0.3, -0.25) is 14.6 Å². The zero-order valence-electron chi connectivity index (χ0n) is 13.1. The van der Waals surface area contributed by atoms with Gasteiger partial charge in [0.25, 0.3) is 5.91 Å². The fourth-order valence-corrected chi connectivity index (χ4v) is 1.67. The number of aryl methyl sites for hydroxylation is 1. The van der Waals surface area contributed by atoms with Gasteiger partial charge in [-0.15, -0.1) is 6.20 Å². The third kappa shape index (κ3) is 8.61. The molecule has 123 valence electrons. The molecule has 5 N–H and O–H groups in total. The van der Waals surface area contributed by atoms with Gasteiger partial charge in [0.1, 0.15) is 0 Å². The maximum atomic E-state index is 12.0. The number of rotatable bonds is 9. The second-order valence-electron chi connectivity index (χ2n) is 4.72. The average molecular weight is 395 g/mol. The molecule has 9 heteroatoms. The van der Waals surface area contributed by atoms with Crippen LogP contribution in [-0.4, -0.2) is 33.5 Å². The van der Waals surface area contributed by atoms with E-state index in [1.807, 2.05) is 0 Å². The molecule has 1 aromatic heterocycles. The van der Waals surface area contributed by atoms with E-state index in [4.69, 9.17) is 10.8 Å². The Morgan fingerprint density at radius 2 is 2.04 bits per heavy atom. The molecule has 0 saturated carbocycles. The van der Waals surface area contributed by atoms with Crippen molar-refractivity contribution in [2.75, 3.05) is 12.3 Å². The Morgan fingerprint density at radius 3 is 2.70 bits per heavy atom. The maximum absolute atomic E-state index is 12.0. The van der Waals surface area contributed by atoms with Crippen LogP contribution in [0.25, 0.3) is 0 Å². The van der Waals surface area contributed by atoms with Gasteiger partial charge in [-0.05, 0) is 31.3 Å². The molecule has 1 rings (SSSR count). The molecule has 1 heterocycles. The molecule has 0 spiro atoms. The van der Waals surface area contributed by atoms with E-state index in [9.17, 15) is 9.59 Å². The van der Waals surface area contributed by atoms with Crippen LogP contribution in [0.4, 0.5) is 5.82 Å². The van der Waals surface area contributed by atoms with E-state index >= 15 is 0 Å². The van der Waals surface area contributed by atoms with Crippen molar-refractivity contribution in [3.63, 3.8) is 0 Å². The van der Waals surface area contributed by atoms with Crippen molar-refractivity contribution in [2.45, 2.75) is 32.6 Å². The molecule has 0 bridgehead atoms. The van der Waals surface area contributed by atoms with E-state index in [0.717, 1.165) is 12.8 Å². The summed E-state index contributed by atoms with van der Waals surface area (Å²) in [5, 5.41) is 14.0. The van der Waals surface area contributed by atoms with Gasteiger partial charge in [0.05, 0.1) is 11.5 Å². The molecule has 0 saturated heterocycles. The number of hydrogen-bond acceptors (Lipinski definition) is 6. The first-order valence-electron chi connectivity index (χ1n) is 6.88. The minimum atomic E-state index is -0.793. The molecule has 0 fully saturated rings. The number of nitrogens with one attached hydrogen (secondary N) is 2. The number of hydrogen-bond donors (Lipinski definition) is 4. The number of unbranched alkanes of at least 4 members (excludes halogenated alkanes) is 2. The summed E-state index contributed by atoms with van der Waals surface area (Å²) in [6.45, 7) is 5.93. The third-order valence-corrected chi connectivity index (χ3v) is 2.75. The van der Waals surface area contributed by atoms with Crippen molar-refractivity contribution >= 4 is 17.7 Å². The van der Waals surface area contributed by atoms with Crippen LogP contribution >= 0.6 is 0 Å². The monoisotopic (exact) mass is 395 g/mol. The second kappa shape index (κ2) is 11.1. The molecule has 0 aromatic carbocycles. The Morgan fingerprint density at radius 1 is 1.35 bits per heavy atom. The summed E-state index contributed by atoms with van der Waals surface area (Å²) in [5.74, 6) is -0.955. The van der Waals surface area contributed by atoms with Gasteiger partial charge in [0.2, 0.25) is 0 Å². The number of nitrogens with two attached hydrogens (primary N) is 1. The van der Waals surface area contributed by atoms with Crippen molar-refractivity contribution in [2.24, 2.45) is 0 Å². The normalized spacial score (nSPS) is 9.61. The molecule has 0 unspecified atom stereocenters. The first-order chi connectivity index (χ1) is 10.4. The number of carbonyl (C=O) groups is 2. The predicted molar refractivity (Wildman–Crippen MR) is 80.7 cm³/mol. The van der Waals surface area contributed by atoms with E-state index in [1.54, 1.807) is 6.92 Å². The van der Waals surface area contributed by atoms with Crippen molar-refractivity contribution in [3.8, 4) is 0 Å². The Hall–Kier alpha value is -1.54. The van der Waals surface area contributed by atoms with Gasteiger partial charge in [-0.2, -0.15) is 0 Å². The van der Waals surface area contributed by atoms with E-state index < -0.39 is 11.9 Å². The van der Waals surface area contributed by atoms with Gasteiger partial charge in [-0.1, -0.05) is 13.0 Å². The van der Waals surface area contributed by atoms with Crippen molar-refractivity contribution in [3.05, 3.63) is 30.0 Å². The number of aliphatic carboxylic acids is 1. The molecule has 1 aromatic rings. The van der Waals surface area contributed by atoms with Crippen LogP contribution in [0.5, 0.6) is 0 Å². The van der Waals surface area contributed by atoms with Crippen LogP contribution in [0.3, 0.4) is 0 Å². The number of nitrogen functional groups attached to an aromatic ring is 1. The van der Waals surface area contributed by atoms with E-state index in [1.165, 1.54) is 0 Å². The predicted octanol–water partition coefficient (Wildman–Crippen LogP) is 0.601. The number of carbonyl (C=O) groups excluding carboxylic acids is 1. The van der Waals surface area contributed by atoms with Gasteiger partial charge in [0, 0.05) is 45.7 Å². The molecular formula is C14H20N5O3Y-. The van der Waals surface area contributed by atoms with Gasteiger partial charge in [0.15, 0.2) is 0 Å². The smallest absolute Gasteiger partial charge is 0.303 e. The number of amides is 1. The van der Waals surface area contributed by atoms with Crippen molar-refractivity contribution in [1.82, 2.24) is 20.6 Å². The van der Waals surface area contributed by atoms with Crippen LogP contribution < -0.4 is 16.4 Å². The summed E-state index contributed by atoms with van der Waals surface area (Å²) in [6, 6.07) is 0.